The van der Waals surface area contributed by atoms with Gasteiger partial charge in [0.2, 0.25) is 5.91 Å². The van der Waals surface area contributed by atoms with Gasteiger partial charge in [-0.2, -0.15) is 0 Å². The van der Waals surface area contributed by atoms with Crippen LogP contribution in [-0.4, -0.2) is 50.3 Å². The molecule has 30 heavy (non-hydrogen) atoms. The topological polar surface area (TPSA) is 50.8 Å². The first-order valence-electron chi connectivity index (χ1n) is 10.6. The smallest absolute Gasteiger partial charge is 0.226 e. The zero-order chi connectivity index (χ0) is 20.9. The van der Waals surface area contributed by atoms with Crippen LogP contribution in [0.1, 0.15) is 29.9 Å². The van der Waals surface area contributed by atoms with Crippen LogP contribution in [0.4, 0.5) is 4.39 Å². The second-order valence-electron chi connectivity index (χ2n) is 8.10. The number of hydrogen-bond acceptors (Lipinski definition) is 4. The Balaban J connectivity index is 1.47. The number of methoxy groups -OCH3 is 1. The summed E-state index contributed by atoms with van der Waals surface area (Å²) in [5.74, 6) is 0.768. The van der Waals surface area contributed by atoms with E-state index in [0.29, 0.717) is 26.3 Å². The van der Waals surface area contributed by atoms with E-state index in [2.05, 4.69) is 11.4 Å². The first-order valence-corrected chi connectivity index (χ1v) is 10.6. The lowest BCUT2D eigenvalue weighted by molar-refractivity contribution is -0.140. The molecule has 0 aromatic heterocycles. The number of benzene rings is 2. The van der Waals surface area contributed by atoms with Crippen LogP contribution in [0.2, 0.25) is 0 Å². The second-order valence-corrected chi connectivity index (χ2v) is 8.10. The van der Waals surface area contributed by atoms with Crippen LogP contribution in [0.15, 0.2) is 48.5 Å². The van der Waals surface area contributed by atoms with Gasteiger partial charge < -0.3 is 19.7 Å². The fraction of sp³-hybridized carbons (Fsp3) is 0.458. The molecule has 2 aromatic rings. The van der Waals surface area contributed by atoms with E-state index >= 15 is 0 Å². The maximum absolute atomic E-state index is 13.5. The Morgan fingerprint density at radius 3 is 2.67 bits per heavy atom. The van der Waals surface area contributed by atoms with E-state index < -0.39 is 0 Å². The summed E-state index contributed by atoms with van der Waals surface area (Å²) in [5, 5.41) is 3.62. The second kappa shape index (κ2) is 9.58. The van der Waals surface area contributed by atoms with E-state index in [1.54, 1.807) is 7.11 Å². The van der Waals surface area contributed by atoms with Crippen LogP contribution in [0.25, 0.3) is 0 Å². The lowest BCUT2D eigenvalue weighted by Gasteiger charge is -2.31. The molecule has 1 N–H and O–H groups in total. The molecule has 0 unspecified atom stereocenters. The molecule has 1 saturated carbocycles. The lowest BCUT2D eigenvalue weighted by atomic mass is 9.88. The summed E-state index contributed by atoms with van der Waals surface area (Å²) < 4.78 is 24.2. The number of nitrogens with one attached hydrogen (secondary N) is 1. The fourth-order valence-corrected chi connectivity index (χ4v) is 4.62. The van der Waals surface area contributed by atoms with Crippen LogP contribution in [-0.2, 0) is 16.1 Å². The van der Waals surface area contributed by atoms with Crippen molar-refractivity contribution in [2.75, 3.05) is 33.4 Å². The average Bonchev–Trinajstić information content (AvgIpc) is 3.22. The molecule has 5 nitrogen and oxygen atoms in total. The van der Waals surface area contributed by atoms with Gasteiger partial charge in [0.05, 0.1) is 20.3 Å². The van der Waals surface area contributed by atoms with Crippen LogP contribution >= 0.6 is 0 Å². The van der Waals surface area contributed by atoms with Gasteiger partial charge in [0, 0.05) is 31.6 Å². The van der Waals surface area contributed by atoms with Gasteiger partial charge in [-0.1, -0.05) is 24.3 Å². The number of ether oxygens (including phenoxy) is 2. The van der Waals surface area contributed by atoms with Crippen molar-refractivity contribution in [3.05, 3.63) is 65.5 Å². The first-order chi connectivity index (χ1) is 14.6. The van der Waals surface area contributed by atoms with Crippen LogP contribution in [0, 0.1) is 11.7 Å². The largest absolute Gasteiger partial charge is 0.497 e. The molecule has 160 valence electrons. The molecular formula is C24H29FN2O3. The van der Waals surface area contributed by atoms with Gasteiger partial charge in [-0.3, -0.25) is 4.79 Å². The number of carbonyl (C=O) groups excluding carboxylic acids is 1. The van der Waals surface area contributed by atoms with Crippen LogP contribution in [0.5, 0.6) is 5.75 Å². The number of morpholine rings is 1. The molecule has 1 saturated heterocycles. The molecule has 0 spiro atoms. The summed E-state index contributed by atoms with van der Waals surface area (Å²) in [6.45, 7) is 3.20. The third-order valence-electron chi connectivity index (χ3n) is 6.23. The van der Waals surface area contributed by atoms with Crippen molar-refractivity contribution >= 4 is 5.91 Å². The van der Waals surface area contributed by atoms with Gasteiger partial charge in [-0.15, -0.1) is 0 Å². The SMILES string of the molecule is COc1cccc(CN[C@@H]2C[C@H](C(=O)N3CCOCC3)[C@@H](c3ccc(F)cc3)C2)c1. The molecule has 4 rings (SSSR count). The van der Waals surface area contributed by atoms with Gasteiger partial charge in [0.25, 0.3) is 0 Å². The highest BCUT2D eigenvalue weighted by atomic mass is 19.1. The average molecular weight is 413 g/mol. The maximum Gasteiger partial charge on any atom is 0.226 e. The monoisotopic (exact) mass is 412 g/mol. The molecule has 6 heteroatoms. The minimum Gasteiger partial charge on any atom is -0.497 e. The van der Waals surface area contributed by atoms with Crippen LogP contribution in [0.3, 0.4) is 0 Å². The molecule has 1 heterocycles. The molecule has 0 radical (unpaired) electrons. The number of hydrogen-bond donors (Lipinski definition) is 1. The lowest BCUT2D eigenvalue weighted by Crippen LogP contribution is -2.44. The third kappa shape index (κ3) is 4.82. The van der Waals surface area contributed by atoms with E-state index in [1.165, 1.54) is 12.1 Å². The van der Waals surface area contributed by atoms with E-state index in [9.17, 15) is 9.18 Å². The Morgan fingerprint density at radius 2 is 1.93 bits per heavy atom. The van der Waals surface area contributed by atoms with Gasteiger partial charge >= 0.3 is 0 Å². The highest BCUT2D eigenvalue weighted by molar-refractivity contribution is 5.80. The number of halogens is 1. The highest BCUT2D eigenvalue weighted by Crippen LogP contribution is 2.41. The molecular weight excluding hydrogens is 383 g/mol. The number of carbonyl (C=O) groups is 1. The normalized spacial score (nSPS) is 24.1. The minimum absolute atomic E-state index is 0.0868. The number of amides is 1. The molecule has 2 fully saturated rings. The molecule has 3 atom stereocenters. The van der Waals surface area contributed by atoms with Gasteiger partial charge in [0.1, 0.15) is 11.6 Å². The Hall–Kier alpha value is -2.44. The summed E-state index contributed by atoms with van der Waals surface area (Å²) in [6.07, 6.45) is 1.64. The molecule has 1 amide bonds. The Labute approximate surface area is 177 Å². The number of rotatable bonds is 6. The van der Waals surface area contributed by atoms with Crippen molar-refractivity contribution in [3.8, 4) is 5.75 Å². The first kappa shape index (κ1) is 20.8. The fourth-order valence-electron chi connectivity index (χ4n) is 4.62. The van der Waals surface area contributed by atoms with Crippen molar-refractivity contribution in [2.45, 2.75) is 31.3 Å². The predicted octanol–water partition coefficient (Wildman–Crippen LogP) is 3.35. The summed E-state index contributed by atoms with van der Waals surface area (Å²) in [5.41, 5.74) is 2.18. The quantitative estimate of drug-likeness (QED) is 0.791. The zero-order valence-corrected chi connectivity index (χ0v) is 17.4. The number of nitrogens with zero attached hydrogens (tertiary/aromatic N) is 1. The van der Waals surface area contributed by atoms with Crippen molar-refractivity contribution < 1.29 is 18.7 Å². The molecule has 1 aliphatic heterocycles. The molecule has 0 bridgehead atoms. The van der Waals surface area contributed by atoms with E-state index in [4.69, 9.17) is 9.47 Å². The van der Waals surface area contributed by atoms with Gasteiger partial charge in [0.15, 0.2) is 0 Å². The maximum atomic E-state index is 13.5. The van der Waals surface area contributed by atoms with E-state index in [-0.39, 0.29) is 29.6 Å². The summed E-state index contributed by atoms with van der Waals surface area (Å²) in [6, 6.07) is 14.9. The molecule has 2 aromatic carbocycles. The van der Waals surface area contributed by atoms with Gasteiger partial charge in [-0.25, -0.2) is 4.39 Å². The van der Waals surface area contributed by atoms with E-state index in [1.807, 2.05) is 35.2 Å². The van der Waals surface area contributed by atoms with Gasteiger partial charge in [-0.05, 0) is 54.2 Å². The molecule has 1 aliphatic carbocycles. The van der Waals surface area contributed by atoms with Crippen LogP contribution < -0.4 is 10.1 Å². The standard InChI is InChI=1S/C24H29FN2O3/c1-29-21-4-2-3-17(13-21)16-26-20-14-22(18-5-7-19(25)8-6-18)23(15-20)24(28)27-9-11-30-12-10-27/h2-8,13,20,22-23,26H,9-12,14-16H2,1H3/t20-,22+,23-/m0/s1. The van der Waals surface area contributed by atoms with Crippen molar-refractivity contribution in [2.24, 2.45) is 5.92 Å². The third-order valence-corrected chi connectivity index (χ3v) is 6.23. The summed E-state index contributed by atoms with van der Waals surface area (Å²) >= 11 is 0. The van der Waals surface area contributed by atoms with Crippen molar-refractivity contribution in [1.82, 2.24) is 10.2 Å². The summed E-state index contributed by atoms with van der Waals surface area (Å²) in [4.78, 5) is 15.2. The zero-order valence-electron chi connectivity index (χ0n) is 17.4. The molecule has 2 aliphatic rings. The van der Waals surface area contributed by atoms with E-state index in [0.717, 1.165) is 36.3 Å². The minimum atomic E-state index is -0.250. The Bertz CT molecular complexity index is 852. The summed E-state index contributed by atoms with van der Waals surface area (Å²) in [7, 11) is 1.67. The Morgan fingerprint density at radius 1 is 1.17 bits per heavy atom. The van der Waals surface area contributed by atoms with Crippen molar-refractivity contribution in [1.29, 1.82) is 0 Å². The van der Waals surface area contributed by atoms with Crippen molar-refractivity contribution in [3.63, 3.8) is 0 Å². The highest BCUT2D eigenvalue weighted by Gasteiger charge is 2.41. The predicted molar refractivity (Wildman–Crippen MR) is 113 cm³/mol. The Kier molecular flexibility index (Phi) is 6.65.